The van der Waals surface area contributed by atoms with Crippen LogP contribution >= 0.6 is 0 Å². The van der Waals surface area contributed by atoms with Crippen LogP contribution in [0.15, 0.2) is 18.2 Å². The molecule has 2 amide bonds. The zero-order valence-electron chi connectivity index (χ0n) is 9.76. The lowest BCUT2D eigenvalue weighted by Gasteiger charge is -2.09. The van der Waals surface area contributed by atoms with Gasteiger partial charge in [0.1, 0.15) is 0 Å². The first kappa shape index (κ1) is 12.2. The van der Waals surface area contributed by atoms with Gasteiger partial charge in [0.2, 0.25) is 11.8 Å². The molecule has 0 aromatic heterocycles. The van der Waals surface area contributed by atoms with E-state index in [1.54, 1.807) is 0 Å². The summed E-state index contributed by atoms with van der Waals surface area (Å²) in [7, 11) is 0. The molecule has 0 spiro atoms. The van der Waals surface area contributed by atoms with E-state index in [1.807, 2.05) is 32.0 Å². The third kappa shape index (κ3) is 3.73. The smallest absolute Gasteiger partial charge is 0.243 e. The van der Waals surface area contributed by atoms with Crippen LogP contribution in [-0.2, 0) is 9.59 Å². The zero-order chi connectivity index (χ0) is 12.1. The predicted molar refractivity (Wildman–Crippen MR) is 63.2 cm³/mol. The summed E-state index contributed by atoms with van der Waals surface area (Å²) < 4.78 is 0. The Morgan fingerprint density at radius 1 is 1.25 bits per heavy atom. The molecule has 16 heavy (non-hydrogen) atoms. The van der Waals surface area contributed by atoms with Gasteiger partial charge >= 0.3 is 0 Å². The molecule has 0 bridgehead atoms. The minimum Gasteiger partial charge on any atom is -0.347 e. The summed E-state index contributed by atoms with van der Waals surface area (Å²) in [5.74, 6) is -0.431. The minimum absolute atomic E-state index is 0.00269. The molecule has 1 rings (SSSR count). The Morgan fingerprint density at radius 3 is 2.56 bits per heavy atom. The van der Waals surface area contributed by atoms with E-state index in [0.717, 1.165) is 16.8 Å². The van der Waals surface area contributed by atoms with E-state index in [4.69, 9.17) is 0 Å². The summed E-state index contributed by atoms with van der Waals surface area (Å²) in [5.41, 5.74) is 2.87. The van der Waals surface area contributed by atoms with Crippen LogP contribution in [0.2, 0.25) is 0 Å². The number of benzene rings is 1. The second-order valence-corrected chi connectivity index (χ2v) is 3.78. The molecule has 86 valence electrons. The molecule has 0 aliphatic heterocycles. The first-order chi connectivity index (χ1) is 7.49. The quantitative estimate of drug-likeness (QED) is 0.808. The van der Waals surface area contributed by atoms with Crippen molar-refractivity contribution in [1.29, 1.82) is 0 Å². The van der Waals surface area contributed by atoms with Crippen LogP contribution in [0.1, 0.15) is 18.1 Å². The van der Waals surface area contributed by atoms with E-state index in [1.165, 1.54) is 6.92 Å². The van der Waals surface area contributed by atoms with Crippen molar-refractivity contribution in [3.63, 3.8) is 0 Å². The maximum Gasteiger partial charge on any atom is 0.243 e. The first-order valence-electron chi connectivity index (χ1n) is 5.10. The monoisotopic (exact) mass is 220 g/mol. The molecule has 0 fully saturated rings. The molecule has 1 aromatic carbocycles. The van der Waals surface area contributed by atoms with Crippen molar-refractivity contribution in [3.05, 3.63) is 29.3 Å². The second kappa shape index (κ2) is 5.30. The van der Waals surface area contributed by atoms with Crippen LogP contribution in [0, 0.1) is 13.8 Å². The van der Waals surface area contributed by atoms with E-state index in [0.29, 0.717) is 0 Å². The maximum absolute atomic E-state index is 11.5. The largest absolute Gasteiger partial charge is 0.347 e. The number of carbonyl (C=O) groups is 2. The van der Waals surface area contributed by atoms with Crippen LogP contribution in [-0.4, -0.2) is 18.4 Å². The lowest BCUT2D eigenvalue weighted by molar-refractivity contribution is -0.122. The first-order valence-corrected chi connectivity index (χ1v) is 5.10. The van der Waals surface area contributed by atoms with Gasteiger partial charge in [-0.1, -0.05) is 12.1 Å². The number of aryl methyl sites for hydroxylation is 2. The SMILES string of the molecule is CC(=O)NCC(=O)Nc1cc(C)ccc1C. The third-order valence-electron chi connectivity index (χ3n) is 2.17. The van der Waals surface area contributed by atoms with Crippen molar-refractivity contribution in [2.24, 2.45) is 0 Å². The van der Waals surface area contributed by atoms with Crippen molar-refractivity contribution in [3.8, 4) is 0 Å². The Labute approximate surface area is 95.0 Å². The molecule has 1 aromatic rings. The van der Waals surface area contributed by atoms with Gasteiger partial charge in [0.15, 0.2) is 0 Å². The van der Waals surface area contributed by atoms with Gasteiger partial charge < -0.3 is 10.6 Å². The fourth-order valence-electron chi connectivity index (χ4n) is 1.27. The summed E-state index contributed by atoms with van der Waals surface area (Å²) in [4.78, 5) is 22.1. The van der Waals surface area contributed by atoms with Gasteiger partial charge in [0, 0.05) is 12.6 Å². The van der Waals surface area contributed by atoms with Crippen LogP contribution in [0.5, 0.6) is 0 Å². The van der Waals surface area contributed by atoms with Crippen molar-refractivity contribution >= 4 is 17.5 Å². The van der Waals surface area contributed by atoms with Crippen molar-refractivity contribution < 1.29 is 9.59 Å². The number of nitrogens with one attached hydrogen (secondary N) is 2. The predicted octanol–water partition coefficient (Wildman–Crippen LogP) is 1.38. The normalized spacial score (nSPS) is 9.69. The summed E-state index contributed by atoms with van der Waals surface area (Å²) in [6.45, 7) is 5.27. The molecule has 0 saturated carbocycles. The number of amides is 2. The molecule has 0 atom stereocenters. The fraction of sp³-hybridized carbons (Fsp3) is 0.333. The highest BCUT2D eigenvalue weighted by molar-refractivity contribution is 5.94. The van der Waals surface area contributed by atoms with Gasteiger partial charge in [-0.25, -0.2) is 0 Å². The van der Waals surface area contributed by atoms with Gasteiger partial charge in [-0.2, -0.15) is 0 Å². The van der Waals surface area contributed by atoms with E-state index in [2.05, 4.69) is 10.6 Å². The number of rotatable bonds is 3. The van der Waals surface area contributed by atoms with Gasteiger partial charge in [-0.3, -0.25) is 9.59 Å². The second-order valence-electron chi connectivity index (χ2n) is 3.78. The highest BCUT2D eigenvalue weighted by Crippen LogP contribution is 2.15. The van der Waals surface area contributed by atoms with E-state index >= 15 is 0 Å². The van der Waals surface area contributed by atoms with Crippen molar-refractivity contribution in [1.82, 2.24) is 5.32 Å². The fourth-order valence-corrected chi connectivity index (χ4v) is 1.27. The Morgan fingerprint density at radius 2 is 1.94 bits per heavy atom. The molecule has 0 heterocycles. The van der Waals surface area contributed by atoms with E-state index in [9.17, 15) is 9.59 Å². The van der Waals surface area contributed by atoms with Crippen LogP contribution < -0.4 is 10.6 Å². The van der Waals surface area contributed by atoms with Crippen LogP contribution in [0.4, 0.5) is 5.69 Å². The van der Waals surface area contributed by atoms with Gasteiger partial charge in [0.05, 0.1) is 6.54 Å². The van der Waals surface area contributed by atoms with Gasteiger partial charge in [-0.15, -0.1) is 0 Å². The molecule has 0 aliphatic carbocycles. The molecule has 0 radical (unpaired) electrons. The zero-order valence-corrected chi connectivity index (χ0v) is 9.76. The average molecular weight is 220 g/mol. The average Bonchev–Trinajstić information content (AvgIpc) is 2.20. The Hall–Kier alpha value is -1.84. The van der Waals surface area contributed by atoms with Crippen LogP contribution in [0.3, 0.4) is 0 Å². The Kier molecular flexibility index (Phi) is 4.05. The molecule has 4 heteroatoms. The highest BCUT2D eigenvalue weighted by atomic mass is 16.2. The lowest BCUT2D eigenvalue weighted by atomic mass is 10.1. The highest BCUT2D eigenvalue weighted by Gasteiger charge is 2.05. The van der Waals surface area contributed by atoms with Gasteiger partial charge in [-0.05, 0) is 31.0 Å². The Bertz CT molecular complexity index is 413. The van der Waals surface area contributed by atoms with Crippen molar-refractivity contribution in [2.45, 2.75) is 20.8 Å². The molecule has 0 saturated heterocycles. The van der Waals surface area contributed by atoms with Gasteiger partial charge in [0.25, 0.3) is 0 Å². The molecule has 2 N–H and O–H groups in total. The number of carbonyl (C=O) groups excluding carboxylic acids is 2. The number of anilines is 1. The maximum atomic E-state index is 11.5. The van der Waals surface area contributed by atoms with Crippen molar-refractivity contribution in [2.75, 3.05) is 11.9 Å². The number of hydrogen-bond acceptors (Lipinski definition) is 2. The number of hydrogen-bond donors (Lipinski definition) is 2. The molecule has 0 unspecified atom stereocenters. The molecular weight excluding hydrogens is 204 g/mol. The van der Waals surface area contributed by atoms with Crippen LogP contribution in [0.25, 0.3) is 0 Å². The molecule has 0 aliphatic rings. The summed E-state index contributed by atoms with van der Waals surface area (Å²) in [5, 5.41) is 5.20. The summed E-state index contributed by atoms with van der Waals surface area (Å²) >= 11 is 0. The lowest BCUT2D eigenvalue weighted by Crippen LogP contribution is -2.31. The Balaban J connectivity index is 2.62. The standard InChI is InChI=1S/C12H16N2O2/c1-8-4-5-9(2)11(6-8)14-12(16)7-13-10(3)15/h4-6H,7H2,1-3H3,(H,13,15)(H,14,16). The molecular formula is C12H16N2O2. The van der Waals surface area contributed by atoms with E-state index < -0.39 is 0 Å². The summed E-state index contributed by atoms with van der Waals surface area (Å²) in [6, 6.07) is 5.84. The summed E-state index contributed by atoms with van der Waals surface area (Å²) in [6.07, 6.45) is 0. The minimum atomic E-state index is -0.219. The molecule has 4 nitrogen and oxygen atoms in total. The van der Waals surface area contributed by atoms with E-state index in [-0.39, 0.29) is 18.4 Å². The topological polar surface area (TPSA) is 58.2 Å². The third-order valence-corrected chi connectivity index (χ3v) is 2.17.